The number of alkyl halides is 1. The van der Waals surface area contributed by atoms with E-state index in [1.807, 2.05) is 25.1 Å². The van der Waals surface area contributed by atoms with Crippen LogP contribution in [0.15, 0.2) is 48.5 Å². The largest absolute Gasteiger partial charge is 0.496 e. The van der Waals surface area contributed by atoms with Crippen molar-refractivity contribution in [3.8, 4) is 5.75 Å². The maximum atomic E-state index is 12.9. The molecule has 0 fully saturated rings. The van der Waals surface area contributed by atoms with Gasteiger partial charge in [0.15, 0.2) is 14.2 Å². The average molecular weight is 349 g/mol. The lowest BCUT2D eigenvalue weighted by Crippen LogP contribution is -2.13. The Balaban J connectivity index is 2.52. The second kappa shape index (κ2) is 8.24. The van der Waals surface area contributed by atoms with Crippen molar-refractivity contribution in [1.29, 1.82) is 0 Å². The summed E-state index contributed by atoms with van der Waals surface area (Å²) in [5, 5.41) is -0.305. The van der Waals surface area contributed by atoms with Crippen molar-refractivity contribution in [3.63, 3.8) is 0 Å². The van der Waals surface area contributed by atoms with Crippen LogP contribution in [0.5, 0.6) is 5.75 Å². The molecule has 0 N–H and O–H groups in total. The molecule has 5 heteroatoms. The lowest BCUT2D eigenvalue weighted by atomic mass is 9.94. The van der Waals surface area contributed by atoms with E-state index in [0.29, 0.717) is 28.9 Å². The van der Waals surface area contributed by atoms with E-state index < -0.39 is 5.66 Å². The van der Waals surface area contributed by atoms with Crippen LogP contribution in [-0.4, -0.2) is 18.3 Å². The highest BCUT2D eigenvalue weighted by atomic mass is 35.5. The molecule has 0 saturated carbocycles. The van der Waals surface area contributed by atoms with Crippen molar-refractivity contribution in [2.75, 3.05) is 7.11 Å². The molecule has 0 aliphatic heterocycles. The molecule has 0 bridgehead atoms. The molecule has 2 unspecified atom stereocenters. The SMILES string of the molecule is CCC(Cl)C(P=O)c1ccccc1C(=O)c1ccccc1OC. The third-order valence-corrected chi connectivity index (χ3v) is 5.32. The Kier molecular flexibility index (Phi) is 6.32. The number of ketones is 1. The number of ether oxygens (including phenoxy) is 1. The van der Waals surface area contributed by atoms with Crippen molar-refractivity contribution >= 4 is 25.8 Å². The van der Waals surface area contributed by atoms with E-state index in [0.717, 1.165) is 0 Å². The zero-order valence-electron chi connectivity index (χ0n) is 13.0. The first-order valence-corrected chi connectivity index (χ1v) is 8.69. The van der Waals surface area contributed by atoms with Crippen molar-refractivity contribution in [2.45, 2.75) is 24.4 Å². The Hall–Kier alpha value is -1.70. The van der Waals surface area contributed by atoms with Crippen molar-refractivity contribution in [3.05, 3.63) is 65.2 Å². The van der Waals surface area contributed by atoms with E-state index >= 15 is 0 Å². The minimum absolute atomic E-state index is 0.0903. The van der Waals surface area contributed by atoms with Crippen LogP contribution in [0, 0.1) is 0 Å². The fraction of sp³-hybridized carbons (Fsp3) is 0.278. The van der Waals surface area contributed by atoms with Gasteiger partial charge in [-0.3, -0.25) is 9.36 Å². The third kappa shape index (κ3) is 3.80. The molecular weight excluding hydrogens is 331 g/mol. The van der Waals surface area contributed by atoms with E-state index in [-0.39, 0.29) is 19.6 Å². The van der Waals surface area contributed by atoms with Crippen LogP contribution in [-0.2, 0) is 4.57 Å². The molecule has 0 amide bonds. The highest BCUT2D eigenvalue weighted by molar-refractivity contribution is 7.24. The summed E-state index contributed by atoms with van der Waals surface area (Å²) in [4.78, 5) is 12.9. The zero-order chi connectivity index (χ0) is 16.8. The summed E-state index contributed by atoms with van der Waals surface area (Å²) in [6, 6.07) is 14.2. The van der Waals surface area contributed by atoms with Crippen molar-refractivity contribution in [1.82, 2.24) is 0 Å². The topological polar surface area (TPSA) is 43.4 Å². The van der Waals surface area contributed by atoms with Crippen molar-refractivity contribution < 1.29 is 14.1 Å². The number of carbonyl (C=O) groups is 1. The molecule has 0 saturated heterocycles. The number of benzene rings is 2. The Morgan fingerprint density at radius 2 is 1.74 bits per heavy atom. The number of hydrogen-bond donors (Lipinski definition) is 0. The van der Waals surface area contributed by atoms with Gasteiger partial charge in [-0.1, -0.05) is 43.3 Å². The van der Waals surface area contributed by atoms with Crippen LogP contribution in [0.2, 0.25) is 0 Å². The first-order chi connectivity index (χ1) is 11.1. The molecule has 2 aromatic carbocycles. The fourth-order valence-corrected chi connectivity index (χ4v) is 3.44. The predicted octanol–water partition coefficient (Wildman–Crippen LogP) is 5.28. The Morgan fingerprint density at radius 3 is 2.35 bits per heavy atom. The molecule has 0 spiro atoms. The number of halogens is 1. The lowest BCUT2D eigenvalue weighted by Gasteiger charge is -2.18. The van der Waals surface area contributed by atoms with Gasteiger partial charge in [-0.05, 0) is 24.1 Å². The van der Waals surface area contributed by atoms with Crippen LogP contribution < -0.4 is 4.74 Å². The van der Waals surface area contributed by atoms with Gasteiger partial charge in [0.1, 0.15) is 5.75 Å². The quantitative estimate of drug-likeness (QED) is 0.388. The molecule has 0 radical (unpaired) electrons. The van der Waals surface area contributed by atoms with Gasteiger partial charge in [-0.25, -0.2) is 0 Å². The molecule has 0 heterocycles. The Bertz CT molecular complexity index is 702. The van der Waals surface area contributed by atoms with E-state index in [1.165, 1.54) is 7.11 Å². The Labute approximate surface area is 142 Å². The monoisotopic (exact) mass is 348 g/mol. The standard InChI is InChI=1S/C18H18ClO3P/c1-3-15(19)18(23-21)13-9-5-4-8-12(13)17(20)14-10-6-7-11-16(14)22-2/h4-11,15,18H,3H2,1-2H3. The summed E-state index contributed by atoms with van der Waals surface area (Å²) < 4.78 is 16.9. The van der Waals surface area contributed by atoms with E-state index in [4.69, 9.17) is 16.3 Å². The summed E-state index contributed by atoms with van der Waals surface area (Å²) in [7, 11) is 1.44. The summed E-state index contributed by atoms with van der Waals surface area (Å²) >= 11 is 6.30. The molecule has 0 aliphatic carbocycles. The van der Waals surface area contributed by atoms with Gasteiger partial charge in [0.2, 0.25) is 0 Å². The zero-order valence-corrected chi connectivity index (χ0v) is 14.7. The van der Waals surface area contributed by atoms with Gasteiger partial charge in [0.05, 0.1) is 23.7 Å². The van der Waals surface area contributed by atoms with E-state index in [9.17, 15) is 9.36 Å². The minimum Gasteiger partial charge on any atom is -0.496 e. The highest BCUT2D eigenvalue weighted by Crippen LogP contribution is 2.38. The second-order valence-corrected chi connectivity index (χ2v) is 6.42. The van der Waals surface area contributed by atoms with Crippen LogP contribution in [0.25, 0.3) is 0 Å². The summed E-state index contributed by atoms with van der Waals surface area (Å²) in [5.74, 6) is 0.355. The van der Waals surface area contributed by atoms with E-state index in [2.05, 4.69) is 0 Å². The number of hydrogen-bond acceptors (Lipinski definition) is 3. The smallest absolute Gasteiger partial charge is 0.197 e. The first kappa shape index (κ1) is 17.7. The van der Waals surface area contributed by atoms with Crippen LogP contribution in [0.4, 0.5) is 0 Å². The first-order valence-electron chi connectivity index (χ1n) is 7.37. The number of carbonyl (C=O) groups excluding carboxylic acids is 1. The maximum Gasteiger partial charge on any atom is 0.197 e. The van der Waals surface area contributed by atoms with Crippen LogP contribution >= 0.6 is 20.1 Å². The average Bonchev–Trinajstić information content (AvgIpc) is 2.61. The molecule has 0 aliphatic rings. The normalized spacial score (nSPS) is 13.5. The predicted molar refractivity (Wildman–Crippen MR) is 93.1 cm³/mol. The third-order valence-electron chi connectivity index (χ3n) is 3.72. The van der Waals surface area contributed by atoms with Gasteiger partial charge in [0, 0.05) is 5.56 Å². The van der Waals surface area contributed by atoms with Crippen molar-refractivity contribution in [2.24, 2.45) is 0 Å². The molecule has 2 rings (SSSR count). The molecule has 2 aromatic rings. The fourth-order valence-electron chi connectivity index (χ4n) is 2.48. The summed E-state index contributed by atoms with van der Waals surface area (Å²) in [6.45, 7) is 1.93. The second-order valence-electron chi connectivity index (χ2n) is 5.09. The van der Waals surface area contributed by atoms with Crippen LogP contribution in [0.3, 0.4) is 0 Å². The van der Waals surface area contributed by atoms with Gasteiger partial charge in [0.25, 0.3) is 0 Å². The number of para-hydroxylation sites is 1. The van der Waals surface area contributed by atoms with E-state index in [1.54, 1.807) is 30.3 Å². The summed E-state index contributed by atoms with van der Waals surface area (Å²) in [5.41, 5.74) is 1.26. The number of methoxy groups -OCH3 is 1. The van der Waals surface area contributed by atoms with Gasteiger partial charge in [-0.2, -0.15) is 0 Å². The minimum atomic E-state index is -0.420. The van der Waals surface area contributed by atoms with Gasteiger partial charge in [-0.15, -0.1) is 11.6 Å². The molecule has 0 aromatic heterocycles. The summed E-state index contributed by atoms with van der Waals surface area (Å²) in [6.07, 6.45) is 0.665. The molecule has 120 valence electrons. The molecule has 2 atom stereocenters. The number of rotatable bonds is 7. The highest BCUT2D eigenvalue weighted by Gasteiger charge is 2.26. The Morgan fingerprint density at radius 1 is 1.13 bits per heavy atom. The van der Waals surface area contributed by atoms with Gasteiger partial charge < -0.3 is 4.74 Å². The van der Waals surface area contributed by atoms with Gasteiger partial charge >= 0.3 is 0 Å². The molecular formula is C18H18ClO3P. The maximum absolute atomic E-state index is 12.9. The molecule has 23 heavy (non-hydrogen) atoms. The lowest BCUT2D eigenvalue weighted by molar-refractivity contribution is 0.103. The molecule has 3 nitrogen and oxygen atoms in total. The van der Waals surface area contributed by atoms with Crippen LogP contribution in [0.1, 0.15) is 40.5 Å².